The van der Waals surface area contributed by atoms with E-state index in [9.17, 15) is 5.11 Å². The van der Waals surface area contributed by atoms with Crippen LogP contribution < -0.4 is 0 Å². The van der Waals surface area contributed by atoms with Crippen LogP contribution in [0.15, 0.2) is 0 Å². The molecule has 5 aliphatic carbocycles. The van der Waals surface area contributed by atoms with Gasteiger partial charge in [0.15, 0.2) is 0 Å². The minimum Gasteiger partial charge on any atom is -0.392 e. The van der Waals surface area contributed by atoms with E-state index in [1.54, 1.807) is 0 Å². The van der Waals surface area contributed by atoms with Crippen molar-refractivity contribution in [2.24, 2.45) is 33.5 Å². The number of aliphatic hydroxyl groups excluding tert-OH is 1. The fraction of sp³-hybridized carbons (Fsp3) is 1.00. The van der Waals surface area contributed by atoms with Gasteiger partial charge in [0.2, 0.25) is 0 Å². The summed E-state index contributed by atoms with van der Waals surface area (Å²) in [7, 11) is 0. The van der Waals surface area contributed by atoms with Crippen LogP contribution in [0.25, 0.3) is 0 Å². The Morgan fingerprint density at radius 2 is 1.75 bits per heavy atom. The van der Waals surface area contributed by atoms with Gasteiger partial charge in [-0.1, -0.05) is 34.1 Å². The van der Waals surface area contributed by atoms with E-state index in [-0.39, 0.29) is 11.5 Å². The average Bonchev–Trinajstić information content (AvgIpc) is 2.45. The van der Waals surface area contributed by atoms with Crippen molar-refractivity contribution >= 4 is 0 Å². The van der Waals surface area contributed by atoms with Crippen molar-refractivity contribution in [3.8, 4) is 0 Å². The molecule has 90 valence electrons. The third-order valence-electron chi connectivity index (χ3n) is 7.77. The van der Waals surface area contributed by atoms with Crippen molar-refractivity contribution in [2.45, 2.75) is 59.5 Å². The molecule has 1 nitrogen and oxygen atoms in total. The van der Waals surface area contributed by atoms with Crippen LogP contribution in [0.2, 0.25) is 0 Å². The summed E-state index contributed by atoms with van der Waals surface area (Å²) in [4.78, 5) is 0. The zero-order chi connectivity index (χ0) is 11.6. The van der Waals surface area contributed by atoms with Crippen molar-refractivity contribution in [1.29, 1.82) is 0 Å². The Labute approximate surface area is 98.6 Å². The molecule has 5 saturated carbocycles. The van der Waals surface area contributed by atoms with Crippen LogP contribution >= 0.6 is 0 Å². The van der Waals surface area contributed by atoms with Gasteiger partial charge in [-0.05, 0) is 41.9 Å². The molecule has 5 rings (SSSR count). The highest BCUT2D eigenvalue weighted by molar-refractivity contribution is 5.40. The highest BCUT2D eigenvalue weighted by atomic mass is 16.3. The molecule has 0 heterocycles. The minimum atomic E-state index is -0.0182. The molecule has 0 amide bonds. The Morgan fingerprint density at radius 3 is 2.25 bits per heavy atom. The van der Waals surface area contributed by atoms with Crippen LogP contribution in [-0.2, 0) is 0 Å². The molecule has 0 aromatic rings. The average molecular weight is 220 g/mol. The second-order valence-corrected chi connectivity index (χ2v) is 8.18. The van der Waals surface area contributed by atoms with Crippen molar-refractivity contribution in [3.63, 3.8) is 0 Å². The van der Waals surface area contributed by atoms with Crippen molar-refractivity contribution in [1.82, 2.24) is 0 Å². The fourth-order valence-electron chi connectivity index (χ4n) is 7.20. The summed E-state index contributed by atoms with van der Waals surface area (Å²) in [5.74, 6) is 1.69. The first-order chi connectivity index (χ1) is 7.32. The molecule has 0 saturated heterocycles. The molecule has 0 radical (unpaired) electrons. The Bertz CT molecular complexity index is 387. The summed E-state index contributed by atoms with van der Waals surface area (Å²) in [5, 5.41) is 10.9. The second kappa shape index (κ2) is 2.13. The predicted octanol–water partition coefficient (Wildman–Crippen LogP) is 3.22. The fourth-order valence-corrected chi connectivity index (χ4v) is 7.20. The molecule has 0 aromatic carbocycles. The molecule has 1 spiro atoms. The lowest BCUT2D eigenvalue weighted by Gasteiger charge is -2.57. The lowest BCUT2D eigenvalue weighted by atomic mass is 9.48. The molecule has 1 heteroatoms. The summed E-state index contributed by atoms with van der Waals surface area (Å²) < 4.78 is 0. The monoisotopic (exact) mass is 220 g/mol. The van der Waals surface area contributed by atoms with E-state index in [1.165, 1.54) is 25.7 Å². The van der Waals surface area contributed by atoms with Gasteiger partial charge in [-0.25, -0.2) is 0 Å². The molecule has 6 atom stereocenters. The van der Waals surface area contributed by atoms with Gasteiger partial charge in [-0.15, -0.1) is 0 Å². The summed E-state index contributed by atoms with van der Waals surface area (Å²) in [6, 6.07) is 0. The molecule has 5 aliphatic rings. The molecule has 0 aromatic heterocycles. The van der Waals surface area contributed by atoms with Gasteiger partial charge in [0, 0.05) is 10.8 Å². The van der Waals surface area contributed by atoms with E-state index in [0.717, 1.165) is 11.8 Å². The number of aliphatic hydroxyl groups is 1. The molecule has 0 aliphatic heterocycles. The topological polar surface area (TPSA) is 20.2 Å². The third-order valence-corrected chi connectivity index (χ3v) is 7.77. The van der Waals surface area contributed by atoms with Gasteiger partial charge in [0.05, 0.1) is 6.10 Å². The normalized spacial score (nSPS) is 69.2. The summed E-state index contributed by atoms with van der Waals surface area (Å²) in [5.41, 5.74) is 1.35. The maximum atomic E-state index is 10.9. The van der Waals surface area contributed by atoms with Crippen LogP contribution in [0, 0.1) is 33.5 Å². The standard InChI is InChI=1S/C15H24O/c1-12(2)6-5-7-13(3)10-9-8-15(12,13)11(16)14(9,10)4/h9-11,16H,5-8H2,1-4H3/t9?,10-,11+,13-,14-,15-/m1/s1. The van der Waals surface area contributed by atoms with Gasteiger partial charge in [-0.3, -0.25) is 0 Å². The van der Waals surface area contributed by atoms with E-state index in [0.29, 0.717) is 16.2 Å². The first kappa shape index (κ1) is 9.94. The van der Waals surface area contributed by atoms with Crippen molar-refractivity contribution < 1.29 is 5.11 Å². The Kier molecular flexibility index (Phi) is 1.33. The van der Waals surface area contributed by atoms with Crippen molar-refractivity contribution in [2.75, 3.05) is 0 Å². The minimum absolute atomic E-state index is 0.0182. The molecule has 1 unspecified atom stereocenters. The largest absolute Gasteiger partial charge is 0.392 e. The van der Waals surface area contributed by atoms with Gasteiger partial charge < -0.3 is 5.11 Å². The second-order valence-electron chi connectivity index (χ2n) is 8.18. The van der Waals surface area contributed by atoms with Gasteiger partial charge >= 0.3 is 0 Å². The van der Waals surface area contributed by atoms with Gasteiger partial charge in [0.25, 0.3) is 0 Å². The Balaban J connectivity index is 1.97. The highest BCUT2D eigenvalue weighted by Crippen LogP contribution is 2.94. The van der Waals surface area contributed by atoms with Crippen LogP contribution in [0.4, 0.5) is 0 Å². The van der Waals surface area contributed by atoms with Gasteiger partial charge in [0.1, 0.15) is 0 Å². The van der Waals surface area contributed by atoms with E-state index in [2.05, 4.69) is 27.7 Å². The number of rotatable bonds is 0. The quantitative estimate of drug-likeness (QED) is 0.664. The third kappa shape index (κ3) is 0.592. The zero-order valence-corrected chi connectivity index (χ0v) is 11.0. The lowest BCUT2D eigenvalue weighted by Crippen LogP contribution is -2.53. The lowest BCUT2D eigenvalue weighted by molar-refractivity contribution is -0.129. The van der Waals surface area contributed by atoms with Crippen LogP contribution in [0.5, 0.6) is 0 Å². The number of hydrogen-bond acceptors (Lipinski definition) is 1. The van der Waals surface area contributed by atoms with E-state index >= 15 is 0 Å². The Hall–Kier alpha value is -0.0400. The maximum Gasteiger partial charge on any atom is 0.0666 e. The molecule has 4 bridgehead atoms. The molecular formula is C15H24O. The predicted molar refractivity (Wildman–Crippen MR) is 63.9 cm³/mol. The van der Waals surface area contributed by atoms with Crippen LogP contribution in [-0.4, -0.2) is 11.2 Å². The van der Waals surface area contributed by atoms with E-state index < -0.39 is 0 Å². The first-order valence-electron chi connectivity index (χ1n) is 7.00. The zero-order valence-electron chi connectivity index (χ0n) is 11.0. The first-order valence-corrected chi connectivity index (χ1v) is 7.00. The molecule has 1 N–H and O–H groups in total. The van der Waals surface area contributed by atoms with Crippen molar-refractivity contribution in [3.05, 3.63) is 0 Å². The molecule has 5 fully saturated rings. The molecule has 16 heavy (non-hydrogen) atoms. The summed E-state index contributed by atoms with van der Waals surface area (Å²) >= 11 is 0. The SMILES string of the molecule is CC1(C)CCC[C@]2(C)[C@H]3C4C[C@@]12[C@@H](O)[C@]43C. The maximum absolute atomic E-state index is 10.9. The summed E-state index contributed by atoms with van der Waals surface area (Å²) in [6.45, 7) is 9.70. The summed E-state index contributed by atoms with van der Waals surface area (Å²) in [6.07, 6.45) is 5.35. The highest BCUT2D eigenvalue weighted by Gasteiger charge is 2.92. The Morgan fingerprint density at radius 1 is 1.06 bits per heavy atom. The van der Waals surface area contributed by atoms with Gasteiger partial charge in [-0.2, -0.15) is 0 Å². The molecular weight excluding hydrogens is 196 g/mol. The van der Waals surface area contributed by atoms with Crippen LogP contribution in [0.3, 0.4) is 0 Å². The van der Waals surface area contributed by atoms with Crippen LogP contribution in [0.1, 0.15) is 53.4 Å². The number of hydrogen-bond donors (Lipinski definition) is 1. The smallest absolute Gasteiger partial charge is 0.0666 e. The van der Waals surface area contributed by atoms with E-state index in [1.807, 2.05) is 0 Å². The van der Waals surface area contributed by atoms with E-state index in [4.69, 9.17) is 0 Å².